The Morgan fingerprint density at radius 1 is 1.24 bits per heavy atom. The normalized spacial score (nSPS) is 19.9. The van der Waals surface area contributed by atoms with E-state index in [-0.39, 0.29) is 47.4 Å². The van der Waals surface area contributed by atoms with Crippen LogP contribution in [0.5, 0.6) is 17.2 Å². The van der Waals surface area contributed by atoms with Crippen LogP contribution in [0.1, 0.15) is 34.8 Å². The molecule has 1 amide bonds. The maximum Gasteiger partial charge on any atom is 0.345 e. The number of amidine groups is 2. The molecule has 1 atom stereocenters. The number of fused-ring (bicyclic) bond motifs is 1. The number of nitrogens with one attached hydrogen (secondary N) is 2. The van der Waals surface area contributed by atoms with Crippen LogP contribution >= 0.6 is 0 Å². The molecule has 0 unspecified atom stereocenters. The molecule has 178 valence electrons. The lowest BCUT2D eigenvalue weighted by Gasteiger charge is -2.16. The zero-order valence-electron chi connectivity index (χ0n) is 18.5. The first-order valence-corrected chi connectivity index (χ1v) is 12.1. The average Bonchev–Trinajstić information content (AvgIpc) is 3.44. The standard InChI is InChI=1S/C22H23N5O6S/c1-27(2)22(29)14-4-3-5-15(19(14)28)23-20-21(26-34(30,31)25-20)24-18(12-6-7-12)13-8-9-16-17(10-13)33-11-32-16/h3-5,8-10,12,18,28H,6-7,11H2,1-2H3,(H,23,25)(H,24,26)/t18-/m1/s1. The molecular formula is C22H23N5O6S. The highest BCUT2D eigenvalue weighted by atomic mass is 32.2. The average molecular weight is 486 g/mol. The van der Waals surface area contributed by atoms with E-state index in [1.807, 2.05) is 18.2 Å². The van der Waals surface area contributed by atoms with Gasteiger partial charge in [0, 0.05) is 14.1 Å². The zero-order valence-corrected chi connectivity index (χ0v) is 19.3. The minimum atomic E-state index is -4.02. The minimum Gasteiger partial charge on any atom is -0.505 e. The van der Waals surface area contributed by atoms with Crippen molar-refractivity contribution in [2.75, 3.05) is 26.2 Å². The third kappa shape index (κ3) is 4.23. The molecule has 12 heteroatoms. The molecule has 1 fully saturated rings. The van der Waals surface area contributed by atoms with E-state index in [1.165, 1.54) is 17.0 Å². The van der Waals surface area contributed by atoms with Gasteiger partial charge in [-0.25, -0.2) is 4.72 Å². The van der Waals surface area contributed by atoms with Crippen LogP contribution in [0.25, 0.3) is 0 Å². The van der Waals surface area contributed by atoms with Gasteiger partial charge < -0.3 is 24.8 Å². The molecule has 34 heavy (non-hydrogen) atoms. The summed E-state index contributed by atoms with van der Waals surface area (Å²) in [5.74, 6) is 0.754. The van der Waals surface area contributed by atoms with E-state index in [2.05, 4.69) is 14.4 Å². The summed E-state index contributed by atoms with van der Waals surface area (Å²) < 4.78 is 41.5. The summed E-state index contributed by atoms with van der Waals surface area (Å²) in [5, 5.41) is 13.5. The van der Waals surface area contributed by atoms with Crippen LogP contribution in [0, 0.1) is 5.92 Å². The second-order valence-electron chi connectivity index (χ2n) is 8.42. The van der Waals surface area contributed by atoms with E-state index < -0.39 is 16.1 Å². The largest absolute Gasteiger partial charge is 0.505 e. The number of hydrogen-bond acceptors (Lipinski definition) is 8. The molecule has 0 bridgehead atoms. The molecule has 3 aliphatic rings. The summed E-state index contributed by atoms with van der Waals surface area (Å²) in [4.78, 5) is 18.4. The third-order valence-electron chi connectivity index (χ3n) is 5.66. The second-order valence-corrected chi connectivity index (χ2v) is 9.75. The van der Waals surface area contributed by atoms with E-state index in [9.17, 15) is 18.3 Å². The molecule has 1 saturated carbocycles. The topological polar surface area (TPSA) is 142 Å². The highest BCUT2D eigenvalue weighted by molar-refractivity contribution is 7.89. The zero-order chi connectivity index (χ0) is 24.0. The van der Waals surface area contributed by atoms with Crippen molar-refractivity contribution in [1.29, 1.82) is 0 Å². The van der Waals surface area contributed by atoms with Gasteiger partial charge in [0.1, 0.15) is 0 Å². The van der Waals surface area contributed by atoms with Crippen molar-refractivity contribution in [1.82, 2.24) is 9.62 Å². The number of ether oxygens (including phenoxy) is 2. The number of aromatic hydroxyl groups is 1. The quantitative estimate of drug-likeness (QED) is 0.550. The number of carbonyl (C=O) groups excluding carboxylic acids is 1. The molecule has 1 aliphatic carbocycles. The van der Waals surface area contributed by atoms with Crippen LogP contribution in [0.15, 0.2) is 45.8 Å². The first kappa shape index (κ1) is 22.0. The van der Waals surface area contributed by atoms with Gasteiger partial charge in [-0.3, -0.25) is 9.79 Å². The molecule has 0 spiro atoms. The Bertz CT molecular complexity index is 1330. The Balaban J connectivity index is 1.48. The maximum absolute atomic E-state index is 12.3. The van der Waals surface area contributed by atoms with Crippen LogP contribution in [-0.2, 0) is 10.2 Å². The van der Waals surface area contributed by atoms with Gasteiger partial charge in [-0.2, -0.15) is 8.42 Å². The van der Waals surface area contributed by atoms with Gasteiger partial charge >= 0.3 is 10.2 Å². The first-order chi connectivity index (χ1) is 16.2. The number of hydrogen-bond donors (Lipinski definition) is 3. The summed E-state index contributed by atoms with van der Waals surface area (Å²) >= 11 is 0. The van der Waals surface area contributed by atoms with Gasteiger partial charge in [0.15, 0.2) is 28.9 Å². The van der Waals surface area contributed by atoms with Gasteiger partial charge in [0.25, 0.3) is 5.91 Å². The van der Waals surface area contributed by atoms with Crippen LogP contribution in [0.3, 0.4) is 0 Å². The van der Waals surface area contributed by atoms with Crippen molar-refractivity contribution in [3.05, 3.63) is 47.5 Å². The van der Waals surface area contributed by atoms with Gasteiger partial charge in [-0.05, 0) is 48.6 Å². The number of benzene rings is 2. The molecule has 11 nitrogen and oxygen atoms in total. The minimum absolute atomic E-state index is 0.0262. The van der Waals surface area contributed by atoms with E-state index in [1.54, 1.807) is 20.2 Å². The predicted octanol–water partition coefficient (Wildman–Crippen LogP) is 2.03. The van der Waals surface area contributed by atoms with Gasteiger partial charge in [-0.1, -0.05) is 12.1 Å². The number of para-hydroxylation sites is 1. The Morgan fingerprint density at radius 2 is 2.00 bits per heavy atom. The van der Waals surface area contributed by atoms with E-state index in [0.717, 1.165) is 18.4 Å². The molecule has 2 aromatic carbocycles. The van der Waals surface area contributed by atoms with Crippen molar-refractivity contribution in [2.45, 2.75) is 18.9 Å². The Kier molecular flexibility index (Phi) is 5.31. The molecule has 0 radical (unpaired) electrons. The fourth-order valence-electron chi connectivity index (χ4n) is 3.81. The van der Waals surface area contributed by atoms with E-state index in [4.69, 9.17) is 14.5 Å². The summed E-state index contributed by atoms with van der Waals surface area (Å²) in [6.07, 6.45) is 1.91. The molecule has 5 rings (SSSR count). The fraction of sp³-hybridized carbons (Fsp3) is 0.318. The van der Waals surface area contributed by atoms with Crippen molar-refractivity contribution in [3.63, 3.8) is 0 Å². The van der Waals surface area contributed by atoms with E-state index >= 15 is 0 Å². The highest BCUT2D eigenvalue weighted by Gasteiger charge is 2.36. The lowest BCUT2D eigenvalue weighted by atomic mass is 10.0. The Hall–Kier alpha value is -3.80. The molecule has 2 aliphatic heterocycles. The molecule has 3 N–H and O–H groups in total. The number of nitrogens with zero attached hydrogens (tertiary/aromatic N) is 3. The van der Waals surface area contributed by atoms with Gasteiger partial charge in [0.2, 0.25) is 6.79 Å². The molecular weight excluding hydrogens is 462 g/mol. The maximum atomic E-state index is 12.3. The predicted molar refractivity (Wildman–Crippen MR) is 125 cm³/mol. The van der Waals surface area contributed by atoms with Crippen LogP contribution < -0.4 is 19.5 Å². The van der Waals surface area contributed by atoms with Crippen LogP contribution in [0.4, 0.5) is 5.69 Å². The Labute approximate surface area is 196 Å². The number of aliphatic imine (C=N–C) groups is 1. The number of anilines is 1. The van der Waals surface area contributed by atoms with Gasteiger partial charge in [-0.15, -0.1) is 4.40 Å². The molecule has 2 aromatic rings. The van der Waals surface area contributed by atoms with Crippen molar-refractivity contribution >= 4 is 33.5 Å². The Morgan fingerprint density at radius 3 is 2.74 bits per heavy atom. The third-order valence-corrected chi connectivity index (χ3v) is 6.54. The second kappa shape index (κ2) is 8.20. The lowest BCUT2D eigenvalue weighted by Crippen LogP contribution is -2.31. The smallest absolute Gasteiger partial charge is 0.345 e. The van der Waals surface area contributed by atoms with E-state index in [0.29, 0.717) is 11.5 Å². The van der Waals surface area contributed by atoms with Crippen molar-refractivity contribution in [2.24, 2.45) is 15.3 Å². The monoisotopic (exact) mass is 485 g/mol. The number of carbonyl (C=O) groups is 1. The van der Waals surface area contributed by atoms with Crippen molar-refractivity contribution in [3.8, 4) is 17.2 Å². The lowest BCUT2D eigenvalue weighted by molar-refractivity contribution is 0.0824. The molecule has 0 aromatic heterocycles. The summed E-state index contributed by atoms with van der Waals surface area (Å²) in [5.41, 5.74) is 1.06. The summed E-state index contributed by atoms with van der Waals surface area (Å²) in [6, 6.07) is 9.79. The SMILES string of the molecule is CN(C)C(=O)c1cccc(NC2=NS(=O)(=O)NC2=N[C@@H](c2ccc3c(c2)OCO3)C2CC2)c1O. The number of phenolic OH excluding ortho intramolecular Hbond substituents is 1. The summed E-state index contributed by atoms with van der Waals surface area (Å²) in [7, 11) is -0.881. The van der Waals surface area contributed by atoms with Crippen LogP contribution in [0.2, 0.25) is 0 Å². The van der Waals surface area contributed by atoms with Crippen molar-refractivity contribution < 1.29 is 27.8 Å². The number of amides is 1. The number of phenols is 1. The van der Waals surface area contributed by atoms with Crippen LogP contribution in [-0.4, -0.2) is 56.9 Å². The van der Waals surface area contributed by atoms with Gasteiger partial charge in [0.05, 0.1) is 17.3 Å². The number of rotatable bonds is 5. The fourth-order valence-corrected chi connectivity index (χ4v) is 4.62. The highest BCUT2D eigenvalue weighted by Crippen LogP contribution is 2.46. The molecule has 0 saturated heterocycles. The molecule has 2 heterocycles. The first-order valence-electron chi connectivity index (χ1n) is 10.6. The summed E-state index contributed by atoms with van der Waals surface area (Å²) in [6.45, 7) is 0.154.